The smallest absolute Gasteiger partial charge is 0.337 e. The molecule has 0 bridgehead atoms. The molecule has 0 radical (unpaired) electrons. The summed E-state index contributed by atoms with van der Waals surface area (Å²) in [6.07, 6.45) is 3.39. The number of carbonyl (C=O) groups excluding carboxylic acids is 3. The molecule has 1 amide bonds. The van der Waals surface area contributed by atoms with Crippen LogP contribution in [0.3, 0.4) is 0 Å². The van der Waals surface area contributed by atoms with Gasteiger partial charge in [-0.3, -0.25) is 9.48 Å². The van der Waals surface area contributed by atoms with Gasteiger partial charge in [0.2, 0.25) is 5.91 Å². The van der Waals surface area contributed by atoms with Gasteiger partial charge in [-0.1, -0.05) is 6.92 Å². The van der Waals surface area contributed by atoms with Gasteiger partial charge in [0.15, 0.2) is 0 Å². The molecule has 0 aliphatic carbocycles. The van der Waals surface area contributed by atoms with E-state index in [4.69, 9.17) is 0 Å². The molecule has 138 valence electrons. The molecule has 1 aromatic carbocycles. The topological polar surface area (TPSA) is 99.5 Å². The Labute approximate surface area is 158 Å². The van der Waals surface area contributed by atoms with E-state index in [0.29, 0.717) is 12.2 Å². The van der Waals surface area contributed by atoms with Gasteiger partial charge in [0.25, 0.3) is 0 Å². The van der Waals surface area contributed by atoms with E-state index in [2.05, 4.69) is 35.8 Å². The summed E-state index contributed by atoms with van der Waals surface area (Å²) in [6.45, 7) is 2.12. The lowest BCUT2D eigenvalue weighted by Crippen LogP contribution is -2.25. The predicted molar refractivity (Wildman–Crippen MR) is 96.8 cm³/mol. The molecule has 1 atom stereocenters. The first-order valence-electron chi connectivity index (χ1n) is 7.64. The number of rotatable bonds is 6. The molecular weight excluding hydrogens is 406 g/mol. The lowest BCUT2D eigenvalue weighted by molar-refractivity contribution is -0.119. The molecule has 0 aliphatic rings. The number of aromatic nitrogens is 2. The van der Waals surface area contributed by atoms with Crippen molar-refractivity contribution in [2.75, 3.05) is 19.5 Å². The number of halogens is 1. The third kappa shape index (κ3) is 4.92. The van der Waals surface area contributed by atoms with Gasteiger partial charge in [0, 0.05) is 11.9 Å². The quantitative estimate of drug-likeness (QED) is 0.716. The number of benzene rings is 1. The van der Waals surface area contributed by atoms with Crippen LogP contribution in [0.25, 0.3) is 0 Å². The molecule has 0 fully saturated rings. The molecule has 0 aliphatic heterocycles. The van der Waals surface area contributed by atoms with Crippen LogP contribution < -0.4 is 5.32 Å². The third-order valence-electron chi connectivity index (χ3n) is 3.55. The molecular formula is C17H18BrN3O5. The van der Waals surface area contributed by atoms with Crippen LogP contribution in [0.5, 0.6) is 0 Å². The maximum atomic E-state index is 12.4. The number of nitrogens with zero attached hydrogens (tertiary/aromatic N) is 2. The first-order valence-corrected chi connectivity index (χ1v) is 8.44. The van der Waals surface area contributed by atoms with Crippen molar-refractivity contribution in [1.82, 2.24) is 9.78 Å². The second kappa shape index (κ2) is 8.61. The van der Waals surface area contributed by atoms with Crippen LogP contribution in [0.2, 0.25) is 0 Å². The Kier molecular flexibility index (Phi) is 6.51. The van der Waals surface area contributed by atoms with Crippen LogP contribution in [0.1, 0.15) is 27.6 Å². The van der Waals surface area contributed by atoms with Gasteiger partial charge < -0.3 is 14.8 Å². The summed E-state index contributed by atoms with van der Waals surface area (Å²) in [5.74, 6) is -1.93. The van der Waals surface area contributed by atoms with Crippen molar-refractivity contribution in [2.45, 2.75) is 13.5 Å². The van der Waals surface area contributed by atoms with Crippen molar-refractivity contribution in [3.63, 3.8) is 0 Å². The highest BCUT2D eigenvalue weighted by Crippen LogP contribution is 2.18. The number of amides is 1. The van der Waals surface area contributed by atoms with Crippen molar-refractivity contribution in [3.8, 4) is 0 Å². The SMILES string of the molecule is COC(=O)c1cc(NC(=O)C(C)Cn2cc(Br)cn2)cc(C(=O)OC)c1. The fraction of sp³-hybridized carbons (Fsp3) is 0.294. The van der Waals surface area contributed by atoms with E-state index >= 15 is 0 Å². The van der Waals surface area contributed by atoms with E-state index in [1.165, 1.54) is 32.4 Å². The van der Waals surface area contributed by atoms with Crippen LogP contribution in [-0.2, 0) is 20.8 Å². The Balaban J connectivity index is 2.19. The summed E-state index contributed by atoms with van der Waals surface area (Å²) in [6, 6.07) is 4.22. The molecule has 0 saturated carbocycles. The average Bonchev–Trinajstić information content (AvgIpc) is 3.04. The fourth-order valence-corrected chi connectivity index (χ4v) is 2.57. The highest BCUT2D eigenvalue weighted by atomic mass is 79.9. The van der Waals surface area contributed by atoms with Crippen molar-refractivity contribution in [2.24, 2.45) is 5.92 Å². The maximum Gasteiger partial charge on any atom is 0.337 e. The van der Waals surface area contributed by atoms with Crippen LogP contribution >= 0.6 is 15.9 Å². The summed E-state index contributed by atoms with van der Waals surface area (Å²) in [4.78, 5) is 36.0. The van der Waals surface area contributed by atoms with Gasteiger partial charge in [0.05, 0.1) is 48.5 Å². The molecule has 1 unspecified atom stereocenters. The molecule has 1 aromatic heterocycles. The van der Waals surface area contributed by atoms with Gasteiger partial charge >= 0.3 is 11.9 Å². The van der Waals surface area contributed by atoms with Crippen molar-refractivity contribution < 1.29 is 23.9 Å². The van der Waals surface area contributed by atoms with Gasteiger partial charge in [-0.15, -0.1) is 0 Å². The largest absolute Gasteiger partial charge is 0.465 e. The van der Waals surface area contributed by atoms with Crippen LogP contribution in [0.15, 0.2) is 35.1 Å². The Morgan fingerprint density at radius 1 is 1.15 bits per heavy atom. The molecule has 2 aromatic rings. The zero-order chi connectivity index (χ0) is 19.3. The fourth-order valence-electron chi connectivity index (χ4n) is 2.24. The third-order valence-corrected chi connectivity index (χ3v) is 3.96. The van der Waals surface area contributed by atoms with E-state index in [1.807, 2.05) is 0 Å². The summed E-state index contributed by atoms with van der Waals surface area (Å²) < 4.78 is 11.8. The van der Waals surface area contributed by atoms with E-state index in [9.17, 15) is 14.4 Å². The highest BCUT2D eigenvalue weighted by Gasteiger charge is 2.18. The molecule has 26 heavy (non-hydrogen) atoms. The molecule has 1 heterocycles. The number of hydrogen-bond donors (Lipinski definition) is 1. The summed E-state index contributed by atoms with van der Waals surface area (Å²) in [5.41, 5.74) is 0.565. The number of anilines is 1. The first kappa shape index (κ1) is 19.6. The number of ether oxygens (including phenoxy) is 2. The zero-order valence-electron chi connectivity index (χ0n) is 14.5. The Bertz CT molecular complexity index is 799. The lowest BCUT2D eigenvalue weighted by atomic mass is 10.1. The van der Waals surface area contributed by atoms with Crippen LogP contribution in [-0.4, -0.2) is 41.8 Å². The monoisotopic (exact) mass is 423 g/mol. The summed E-state index contributed by atoms with van der Waals surface area (Å²) in [5, 5.41) is 6.81. The van der Waals surface area contributed by atoms with E-state index < -0.39 is 17.9 Å². The standard InChI is InChI=1S/C17H18BrN3O5/c1-10(8-21-9-13(18)7-19-21)15(22)20-14-5-11(16(23)25-2)4-12(6-14)17(24)26-3/h4-7,9-10H,8H2,1-3H3,(H,20,22). The van der Waals surface area contributed by atoms with E-state index in [-0.39, 0.29) is 17.0 Å². The van der Waals surface area contributed by atoms with Gasteiger partial charge in [0.1, 0.15) is 0 Å². The Morgan fingerprint density at radius 3 is 2.19 bits per heavy atom. The molecule has 2 rings (SSSR count). The van der Waals surface area contributed by atoms with Crippen molar-refractivity contribution in [3.05, 3.63) is 46.2 Å². The predicted octanol–water partition coefficient (Wildman–Crippen LogP) is 2.49. The molecule has 8 nitrogen and oxygen atoms in total. The molecule has 9 heteroatoms. The van der Waals surface area contributed by atoms with Crippen molar-refractivity contribution in [1.29, 1.82) is 0 Å². The second-order valence-electron chi connectivity index (χ2n) is 5.55. The molecule has 0 spiro atoms. The minimum Gasteiger partial charge on any atom is -0.465 e. The summed E-state index contributed by atoms with van der Waals surface area (Å²) >= 11 is 3.30. The highest BCUT2D eigenvalue weighted by molar-refractivity contribution is 9.10. The number of hydrogen-bond acceptors (Lipinski definition) is 6. The van der Waals surface area contributed by atoms with Gasteiger partial charge in [-0.05, 0) is 34.1 Å². The first-order chi connectivity index (χ1) is 12.3. The molecule has 0 saturated heterocycles. The lowest BCUT2D eigenvalue weighted by Gasteiger charge is -2.14. The van der Waals surface area contributed by atoms with Crippen molar-refractivity contribution >= 4 is 39.5 Å². The number of methoxy groups -OCH3 is 2. The van der Waals surface area contributed by atoms with E-state index in [1.54, 1.807) is 24.0 Å². The minimum absolute atomic E-state index is 0.134. The van der Waals surface area contributed by atoms with E-state index in [0.717, 1.165) is 4.47 Å². The number of carbonyl (C=O) groups is 3. The number of nitrogens with one attached hydrogen (secondary N) is 1. The Morgan fingerprint density at radius 2 is 1.73 bits per heavy atom. The zero-order valence-corrected chi connectivity index (χ0v) is 16.1. The maximum absolute atomic E-state index is 12.4. The van der Waals surface area contributed by atoms with Crippen LogP contribution in [0.4, 0.5) is 5.69 Å². The summed E-state index contributed by atoms with van der Waals surface area (Å²) in [7, 11) is 2.46. The second-order valence-corrected chi connectivity index (χ2v) is 6.47. The Hall–Kier alpha value is -2.68. The van der Waals surface area contributed by atoms with Crippen LogP contribution in [0, 0.1) is 5.92 Å². The van der Waals surface area contributed by atoms with Gasteiger partial charge in [-0.2, -0.15) is 5.10 Å². The molecule has 1 N–H and O–H groups in total. The average molecular weight is 424 g/mol. The minimum atomic E-state index is -0.624. The normalized spacial score (nSPS) is 11.5. The van der Waals surface area contributed by atoms with Gasteiger partial charge in [-0.25, -0.2) is 9.59 Å². The number of esters is 2.